The van der Waals surface area contributed by atoms with E-state index in [1.54, 1.807) is 0 Å². The molecule has 1 saturated heterocycles. The fraction of sp³-hybridized carbons (Fsp3) is 0.391. The molecule has 1 aliphatic rings. The first kappa shape index (κ1) is 22.3. The molecule has 1 N–H and O–H groups in total. The van der Waals surface area contributed by atoms with Gasteiger partial charge in [0.05, 0.1) is 35.1 Å². The minimum absolute atomic E-state index is 0.105. The number of para-hydroxylation sites is 2. The molecule has 1 fully saturated rings. The van der Waals surface area contributed by atoms with Gasteiger partial charge in [0.25, 0.3) is 5.91 Å². The van der Waals surface area contributed by atoms with Crippen LogP contribution in [0.3, 0.4) is 0 Å². The first-order chi connectivity index (χ1) is 15.4. The number of aryl methyl sites for hydroxylation is 1. The van der Waals surface area contributed by atoms with Crippen molar-refractivity contribution in [1.29, 1.82) is 0 Å². The molecule has 0 spiro atoms. The van der Waals surface area contributed by atoms with Gasteiger partial charge in [-0.1, -0.05) is 25.0 Å². The minimum Gasteiger partial charge on any atom is -0.496 e. The summed E-state index contributed by atoms with van der Waals surface area (Å²) in [5.74, 6) is 0.607. The van der Waals surface area contributed by atoms with Gasteiger partial charge in [0.2, 0.25) is 10.0 Å². The molecule has 0 saturated carbocycles. The Morgan fingerprint density at radius 3 is 2.50 bits per heavy atom. The first-order valence-corrected chi connectivity index (χ1v) is 12.2. The van der Waals surface area contributed by atoms with Crippen LogP contribution >= 0.6 is 0 Å². The van der Waals surface area contributed by atoms with Crippen molar-refractivity contribution in [2.24, 2.45) is 7.05 Å². The predicted molar refractivity (Wildman–Crippen MR) is 122 cm³/mol. The van der Waals surface area contributed by atoms with Gasteiger partial charge < -0.3 is 14.6 Å². The number of methoxy groups -OCH3 is 1. The smallest absolute Gasteiger partial charge is 0.255 e. The Bertz CT molecular complexity index is 1230. The summed E-state index contributed by atoms with van der Waals surface area (Å²) in [7, 11) is -0.323. The second kappa shape index (κ2) is 9.30. The molecule has 0 radical (unpaired) electrons. The lowest BCUT2D eigenvalue weighted by molar-refractivity contribution is 0.0946. The number of ether oxygens (including phenoxy) is 1. The zero-order valence-electron chi connectivity index (χ0n) is 18.4. The summed E-state index contributed by atoms with van der Waals surface area (Å²) in [4.78, 5) is 17.7. The molecule has 2 aromatic carbocycles. The van der Waals surface area contributed by atoms with Gasteiger partial charge in [0.1, 0.15) is 11.6 Å². The maximum absolute atomic E-state index is 13.2. The number of hydrogen-bond donors (Lipinski definition) is 1. The van der Waals surface area contributed by atoms with Crippen LogP contribution in [0.5, 0.6) is 5.75 Å². The molecule has 9 heteroatoms. The zero-order chi connectivity index (χ0) is 22.7. The summed E-state index contributed by atoms with van der Waals surface area (Å²) in [5.41, 5.74) is 2.00. The average Bonchev–Trinajstić information content (AvgIpc) is 2.97. The standard InChI is InChI=1S/C23H28N4O4S/c1-26-20-10-6-5-9-19(20)25-22(26)16-24-23(28)18-15-17(11-12-21(18)31-2)32(29,30)27-13-7-3-4-8-14-27/h5-6,9-12,15H,3-4,7-8,13-14,16H2,1-2H3,(H,24,28). The summed E-state index contributed by atoms with van der Waals surface area (Å²) in [6.07, 6.45) is 3.76. The number of hydrogen-bond acceptors (Lipinski definition) is 5. The lowest BCUT2D eigenvalue weighted by atomic mass is 10.2. The highest BCUT2D eigenvalue weighted by Gasteiger charge is 2.27. The van der Waals surface area contributed by atoms with E-state index in [4.69, 9.17) is 4.74 Å². The monoisotopic (exact) mass is 456 g/mol. The van der Waals surface area contributed by atoms with Gasteiger partial charge in [-0.05, 0) is 43.2 Å². The van der Waals surface area contributed by atoms with Crippen LogP contribution in [0.1, 0.15) is 41.9 Å². The Balaban J connectivity index is 1.57. The number of carbonyl (C=O) groups is 1. The highest BCUT2D eigenvalue weighted by molar-refractivity contribution is 7.89. The molecule has 1 aromatic heterocycles. The van der Waals surface area contributed by atoms with Crippen LogP contribution in [-0.4, -0.2) is 48.4 Å². The minimum atomic E-state index is -3.68. The maximum atomic E-state index is 13.2. The number of aromatic nitrogens is 2. The van der Waals surface area contributed by atoms with E-state index >= 15 is 0 Å². The molecular weight excluding hydrogens is 428 g/mol. The number of fused-ring (bicyclic) bond motifs is 1. The van der Waals surface area contributed by atoms with Crippen LogP contribution in [0.2, 0.25) is 0 Å². The largest absolute Gasteiger partial charge is 0.496 e. The number of benzene rings is 2. The lowest BCUT2D eigenvalue weighted by Crippen LogP contribution is -2.32. The second-order valence-corrected chi connectivity index (χ2v) is 9.88. The van der Waals surface area contributed by atoms with Gasteiger partial charge >= 0.3 is 0 Å². The topological polar surface area (TPSA) is 93.5 Å². The number of rotatable bonds is 6. The molecule has 0 atom stereocenters. The summed E-state index contributed by atoms with van der Waals surface area (Å²) < 4.78 is 35.1. The number of imidazole rings is 1. The van der Waals surface area contributed by atoms with E-state index in [1.165, 1.54) is 29.6 Å². The van der Waals surface area contributed by atoms with E-state index in [9.17, 15) is 13.2 Å². The second-order valence-electron chi connectivity index (χ2n) is 7.94. The maximum Gasteiger partial charge on any atom is 0.255 e. The van der Waals surface area contributed by atoms with Crippen LogP contribution in [0.25, 0.3) is 11.0 Å². The molecule has 0 bridgehead atoms. The van der Waals surface area contributed by atoms with Crippen LogP contribution in [-0.2, 0) is 23.6 Å². The van der Waals surface area contributed by atoms with Crippen LogP contribution in [0.15, 0.2) is 47.4 Å². The van der Waals surface area contributed by atoms with Gasteiger partial charge in [-0.3, -0.25) is 4.79 Å². The van der Waals surface area contributed by atoms with Gasteiger partial charge in [0, 0.05) is 20.1 Å². The van der Waals surface area contributed by atoms with E-state index < -0.39 is 15.9 Å². The Labute approximate surface area is 188 Å². The third-order valence-corrected chi connectivity index (χ3v) is 7.80. The van der Waals surface area contributed by atoms with Crippen molar-refractivity contribution in [1.82, 2.24) is 19.2 Å². The Hall–Kier alpha value is -2.91. The molecular formula is C23H28N4O4S. The first-order valence-electron chi connectivity index (χ1n) is 10.8. The number of carbonyl (C=O) groups excluding carboxylic acids is 1. The van der Waals surface area contributed by atoms with E-state index in [0.29, 0.717) is 24.7 Å². The number of amides is 1. The van der Waals surface area contributed by atoms with Gasteiger partial charge in [-0.25, -0.2) is 13.4 Å². The molecule has 8 nitrogen and oxygen atoms in total. The summed E-state index contributed by atoms with van der Waals surface area (Å²) in [6.45, 7) is 1.21. The molecule has 0 unspecified atom stereocenters. The molecule has 3 aromatic rings. The molecule has 0 aliphatic carbocycles. The fourth-order valence-electron chi connectivity index (χ4n) is 4.06. The SMILES string of the molecule is COc1ccc(S(=O)(=O)N2CCCCCC2)cc1C(=O)NCc1nc2ccccc2n1C. The van der Waals surface area contributed by atoms with E-state index in [1.807, 2.05) is 35.9 Å². The van der Waals surface area contributed by atoms with Crippen molar-refractivity contribution in [3.05, 3.63) is 53.9 Å². The van der Waals surface area contributed by atoms with Crippen molar-refractivity contribution in [3.8, 4) is 5.75 Å². The molecule has 1 aliphatic heterocycles. The van der Waals surface area contributed by atoms with E-state index in [0.717, 1.165) is 36.7 Å². The van der Waals surface area contributed by atoms with Gasteiger partial charge in [-0.2, -0.15) is 4.31 Å². The molecule has 170 valence electrons. The van der Waals surface area contributed by atoms with Crippen LogP contribution < -0.4 is 10.1 Å². The summed E-state index contributed by atoms with van der Waals surface area (Å²) >= 11 is 0. The van der Waals surface area contributed by atoms with Gasteiger partial charge in [0.15, 0.2) is 0 Å². The zero-order valence-corrected chi connectivity index (χ0v) is 19.2. The Morgan fingerprint density at radius 1 is 1.09 bits per heavy atom. The molecule has 4 rings (SSSR count). The van der Waals surface area contributed by atoms with Crippen LogP contribution in [0, 0.1) is 0 Å². The highest BCUT2D eigenvalue weighted by atomic mass is 32.2. The van der Waals surface area contributed by atoms with Crippen molar-refractivity contribution in [2.75, 3.05) is 20.2 Å². The normalized spacial score (nSPS) is 15.4. The van der Waals surface area contributed by atoms with Crippen molar-refractivity contribution in [3.63, 3.8) is 0 Å². The molecule has 2 heterocycles. The Morgan fingerprint density at radius 2 is 1.81 bits per heavy atom. The summed E-state index contributed by atoms with van der Waals surface area (Å²) in [6, 6.07) is 12.2. The number of sulfonamides is 1. The van der Waals surface area contributed by atoms with Crippen molar-refractivity contribution in [2.45, 2.75) is 37.1 Å². The third kappa shape index (κ3) is 4.35. The van der Waals surface area contributed by atoms with Crippen molar-refractivity contribution < 1.29 is 17.9 Å². The third-order valence-electron chi connectivity index (χ3n) is 5.91. The lowest BCUT2D eigenvalue weighted by Gasteiger charge is -2.20. The quantitative estimate of drug-likeness (QED) is 0.615. The number of nitrogens with zero attached hydrogens (tertiary/aromatic N) is 3. The van der Waals surface area contributed by atoms with Crippen LogP contribution in [0.4, 0.5) is 0 Å². The highest BCUT2D eigenvalue weighted by Crippen LogP contribution is 2.26. The number of nitrogens with one attached hydrogen (secondary N) is 1. The average molecular weight is 457 g/mol. The molecule has 32 heavy (non-hydrogen) atoms. The van der Waals surface area contributed by atoms with Crippen molar-refractivity contribution >= 4 is 27.0 Å². The molecule has 1 amide bonds. The predicted octanol–water partition coefficient (Wildman–Crippen LogP) is 3.08. The summed E-state index contributed by atoms with van der Waals surface area (Å²) in [5, 5.41) is 2.85. The Kier molecular flexibility index (Phi) is 6.48. The van der Waals surface area contributed by atoms with Gasteiger partial charge in [-0.15, -0.1) is 0 Å². The van der Waals surface area contributed by atoms with E-state index in [2.05, 4.69) is 10.3 Å². The fourth-order valence-corrected chi connectivity index (χ4v) is 5.61. The van der Waals surface area contributed by atoms with E-state index in [-0.39, 0.29) is 17.0 Å².